The van der Waals surface area contributed by atoms with Gasteiger partial charge in [0.15, 0.2) is 0 Å². The number of nitrogens with one attached hydrogen (secondary N) is 2. The molecule has 0 aliphatic heterocycles. The standard InChI is InChI=1S/C11H16N2O4/c1-6-3-7(2)13-11(17)9(6)10(16)12-4-8(15)5-14/h3,8,14-15H,4-5H2,1-2H3,(H,12,16)(H,13,17). The summed E-state index contributed by atoms with van der Waals surface area (Å²) < 4.78 is 0. The maximum absolute atomic E-state index is 11.7. The molecule has 1 aromatic rings. The van der Waals surface area contributed by atoms with Crippen molar-refractivity contribution in [3.05, 3.63) is 33.2 Å². The highest BCUT2D eigenvalue weighted by Gasteiger charge is 2.14. The predicted molar refractivity (Wildman–Crippen MR) is 62.0 cm³/mol. The first-order valence-electron chi connectivity index (χ1n) is 5.23. The minimum atomic E-state index is -1.02. The summed E-state index contributed by atoms with van der Waals surface area (Å²) in [6.07, 6.45) is -1.02. The molecule has 1 amide bonds. The summed E-state index contributed by atoms with van der Waals surface area (Å²) in [6, 6.07) is 1.69. The summed E-state index contributed by atoms with van der Waals surface area (Å²) in [4.78, 5) is 25.8. The number of aliphatic hydroxyl groups is 2. The molecule has 1 atom stereocenters. The monoisotopic (exact) mass is 240 g/mol. The summed E-state index contributed by atoms with van der Waals surface area (Å²) in [5.74, 6) is -0.559. The van der Waals surface area contributed by atoms with Crippen molar-refractivity contribution in [1.82, 2.24) is 10.3 Å². The first kappa shape index (κ1) is 13.4. The minimum absolute atomic E-state index is 0.0285. The summed E-state index contributed by atoms with van der Waals surface area (Å²) in [5.41, 5.74) is 0.820. The molecule has 1 heterocycles. The van der Waals surface area contributed by atoms with Gasteiger partial charge in [-0.2, -0.15) is 0 Å². The van der Waals surface area contributed by atoms with Gasteiger partial charge in [0.25, 0.3) is 11.5 Å². The Hall–Kier alpha value is -1.66. The molecule has 0 aromatic carbocycles. The van der Waals surface area contributed by atoms with Crippen molar-refractivity contribution in [3.63, 3.8) is 0 Å². The fourth-order valence-corrected chi connectivity index (χ4v) is 1.50. The lowest BCUT2D eigenvalue weighted by Gasteiger charge is -2.10. The van der Waals surface area contributed by atoms with Gasteiger partial charge in [0, 0.05) is 12.2 Å². The highest BCUT2D eigenvalue weighted by molar-refractivity contribution is 5.95. The van der Waals surface area contributed by atoms with Crippen molar-refractivity contribution in [1.29, 1.82) is 0 Å². The van der Waals surface area contributed by atoms with Gasteiger partial charge >= 0.3 is 0 Å². The largest absolute Gasteiger partial charge is 0.394 e. The first-order chi connectivity index (χ1) is 7.95. The summed E-state index contributed by atoms with van der Waals surface area (Å²) >= 11 is 0. The van der Waals surface area contributed by atoms with Crippen LogP contribution in [-0.4, -0.2) is 40.4 Å². The SMILES string of the molecule is Cc1cc(C)c(C(=O)NCC(O)CO)c(=O)[nH]1. The minimum Gasteiger partial charge on any atom is -0.394 e. The maximum Gasteiger partial charge on any atom is 0.261 e. The number of carbonyl (C=O) groups excluding carboxylic acids is 1. The molecule has 0 spiro atoms. The van der Waals surface area contributed by atoms with Crippen LogP contribution in [0.1, 0.15) is 21.6 Å². The lowest BCUT2D eigenvalue weighted by Crippen LogP contribution is -2.37. The molecule has 0 radical (unpaired) electrons. The molecule has 1 aromatic heterocycles. The van der Waals surface area contributed by atoms with E-state index in [1.807, 2.05) is 0 Å². The van der Waals surface area contributed by atoms with Crippen molar-refractivity contribution in [2.75, 3.05) is 13.2 Å². The molecule has 1 rings (SSSR count). The predicted octanol–water partition coefficient (Wildman–Crippen LogP) is -0.925. The van der Waals surface area contributed by atoms with Crippen LogP contribution in [0, 0.1) is 13.8 Å². The van der Waals surface area contributed by atoms with Gasteiger partial charge in [-0.3, -0.25) is 9.59 Å². The Bertz CT molecular complexity index is 467. The molecule has 17 heavy (non-hydrogen) atoms. The molecule has 0 fully saturated rings. The average Bonchev–Trinajstić information content (AvgIpc) is 2.24. The number of aryl methyl sites for hydroxylation is 2. The van der Waals surface area contributed by atoms with E-state index in [4.69, 9.17) is 10.2 Å². The van der Waals surface area contributed by atoms with Gasteiger partial charge in [-0.05, 0) is 25.5 Å². The van der Waals surface area contributed by atoms with E-state index in [0.29, 0.717) is 11.3 Å². The molecular formula is C11H16N2O4. The van der Waals surface area contributed by atoms with Crippen molar-refractivity contribution in [3.8, 4) is 0 Å². The lowest BCUT2D eigenvalue weighted by atomic mass is 10.1. The molecule has 0 aliphatic carbocycles. The van der Waals surface area contributed by atoms with E-state index in [2.05, 4.69) is 10.3 Å². The van der Waals surface area contributed by atoms with Crippen LogP contribution in [0.3, 0.4) is 0 Å². The Kier molecular flexibility index (Phi) is 4.42. The number of hydrogen-bond acceptors (Lipinski definition) is 4. The van der Waals surface area contributed by atoms with Gasteiger partial charge in [-0.1, -0.05) is 0 Å². The third-order valence-corrected chi connectivity index (χ3v) is 2.30. The average molecular weight is 240 g/mol. The molecular weight excluding hydrogens is 224 g/mol. The van der Waals surface area contributed by atoms with Gasteiger partial charge in [0.2, 0.25) is 0 Å². The number of aromatic amines is 1. The zero-order valence-electron chi connectivity index (χ0n) is 9.78. The van der Waals surface area contributed by atoms with Crippen LogP contribution in [0.4, 0.5) is 0 Å². The Morgan fingerprint density at radius 1 is 1.53 bits per heavy atom. The van der Waals surface area contributed by atoms with Gasteiger partial charge < -0.3 is 20.5 Å². The van der Waals surface area contributed by atoms with E-state index in [-0.39, 0.29) is 12.1 Å². The molecule has 6 nitrogen and oxygen atoms in total. The van der Waals surface area contributed by atoms with Crippen molar-refractivity contribution < 1.29 is 15.0 Å². The fourth-order valence-electron chi connectivity index (χ4n) is 1.50. The van der Waals surface area contributed by atoms with E-state index < -0.39 is 24.2 Å². The number of pyridine rings is 1. The Morgan fingerprint density at radius 2 is 2.18 bits per heavy atom. The normalized spacial score (nSPS) is 12.2. The summed E-state index contributed by atoms with van der Waals surface area (Å²) in [6.45, 7) is 2.86. The van der Waals surface area contributed by atoms with Gasteiger partial charge in [0.05, 0.1) is 12.7 Å². The quantitative estimate of drug-likeness (QED) is 0.546. The zero-order chi connectivity index (χ0) is 13.0. The first-order valence-corrected chi connectivity index (χ1v) is 5.23. The van der Waals surface area contributed by atoms with Crippen LogP contribution in [-0.2, 0) is 0 Å². The van der Waals surface area contributed by atoms with E-state index in [1.165, 1.54) is 0 Å². The van der Waals surface area contributed by atoms with Gasteiger partial charge in [-0.25, -0.2) is 0 Å². The topological polar surface area (TPSA) is 102 Å². The second-order valence-corrected chi connectivity index (χ2v) is 3.89. The molecule has 6 heteroatoms. The van der Waals surface area contributed by atoms with E-state index >= 15 is 0 Å². The molecule has 94 valence electrons. The molecule has 0 aliphatic rings. The van der Waals surface area contributed by atoms with E-state index in [1.54, 1.807) is 19.9 Å². The highest BCUT2D eigenvalue weighted by Crippen LogP contribution is 2.03. The number of hydrogen-bond donors (Lipinski definition) is 4. The lowest BCUT2D eigenvalue weighted by molar-refractivity contribution is 0.0800. The fraction of sp³-hybridized carbons (Fsp3) is 0.455. The van der Waals surface area contributed by atoms with Crippen LogP contribution < -0.4 is 10.9 Å². The molecule has 0 saturated heterocycles. The van der Waals surface area contributed by atoms with Crippen molar-refractivity contribution >= 4 is 5.91 Å². The highest BCUT2D eigenvalue weighted by atomic mass is 16.3. The third-order valence-electron chi connectivity index (χ3n) is 2.30. The van der Waals surface area contributed by atoms with Gasteiger partial charge in [-0.15, -0.1) is 0 Å². The number of H-pyrrole nitrogens is 1. The number of rotatable bonds is 4. The van der Waals surface area contributed by atoms with Crippen molar-refractivity contribution in [2.24, 2.45) is 0 Å². The Morgan fingerprint density at radius 3 is 2.71 bits per heavy atom. The molecule has 0 saturated carbocycles. The van der Waals surface area contributed by atoms with E-state index in [0.717, 1.165) is 0 Å². The Labute approximate surface area is 98.3 Å². The van der Waals surface area contributed by atoms with Crippen LogP contribution in [0.2, 0.25) is 0 Å². The second-order valence-electron chi connectivity index (χ2n) is 3.89. The van der Waals surface area contributed by atoms with Crippen molar-refractivity contribution in [2.45, 2.75) is 20.0 Å². The number of carbonyl (C=O) groups is 1. The number of amides is 1. The summed E-state index contributed by atoms with van der Waals surface area (Å²) in [7, 11) is 0. The van der Waals surface area contributed by atoms with Crippen LogP contribution in [0.5, 0.6) is 0 Å². The Balaban J connectivity index is 2.86. The molecule has 1 unspecified atom stereocenters. The molecule has 4 N–H and O–H groups in total. The van der Waals surface area contributed by atoms with Crippen LogP contribution in [0.25, 0.3) is 0 Å². The molecule has 0 bridgehead atoms. The van der Waals surface area contributed by atoms with Crippen LogP contribution in [0.15, 0.2) is 10.9 Å². The van der Waals surface area contributed by atoms with Crippen LogP contribution >= 0.6 is 0 Å². The van der Waals surface area contributed by atoms with Gasteiger partial charge in [0.1, 0.15) is 5.56 Å². The number of aromatic nitrogens is 1. The third kappa shape index (κ3) is 3.40. The number of aliphatic hydroxyl groups excluding tert-OH is 2. The summed E-state index contributed by atoms with van der Waals surface area (Å²) in [5, 5.41) is 20.1. The smallest absolute Gasteiger partial charge is 0.261 e. The second kappa shape index (κ2) is 5.60. The van der Waals surface area contributed by atoms with E-state index in [9.17, 15) is 9.59 Å². The zero-order valence-corrected chi connectivity index (χ0v) is 9.78. The maximum atomic E-state index is 11.7.